The van der Waals surface area contributed by atoms with Gasteiger partial charge in [-0.1, -0.05) is 12.1 Å². The molecule has 1 aromatic carbocycles. The Bertz CT molecular complexity index is 820. The first-order chi connectivity index (χ1) is 11.8. The van der Waals surface area contributed by atoms with Crippen LogP contribution in [0, 0.1) is 0 Å². The number of ether oxygens (including phenoxy) is 2. The molecule has 0 radical (unpaired) electrons. The van der Waals surface area contributed by atoms with Gasteiger partial charge in [0.25, 0.3) is 0 Å². The van der Waals surface area contributed by atoms with Crippen molar-refractivity contribution in [2.45, 2.75) is 13.0 Å². The SMILES string of the molecule is CCOc1ccc(-c2cc3ccc([C@@H]4CNCCO4)cc3[nH]2)cn1. The lowest BCUT2D eigenvalue weighted by Crippen LogP contribution is -2.33. The number of hydrogen-bond donors (Lipinski definition) is 2. The molecule has 24 heavy (non-hydrogen) atoms. The average Bonchev–Trinajstić information content (AvgIpc) is 3.06. The fourth-order valence-corrected chi connectivity index (χ4v) is 3.05. The number of fused-ring (bicyclic) bond motifs is 1. The van der Waals surface area contributed by atoms with E-state index in [1.54, 1.807) is 0 Å². The molecular weight excluding hydrogens is 302 g/mol. The molecule has 1 saturated heterocycles. The van der Waals surface area contributed by atoms with Crippen molar-refractivity contribution in [3.8, 4) is 17.1 Å². The van der Waals surface area contributed by atoms with Crippen molar-refractivity contribution in [2.24, 2.45) is 0 Å². The largest absolute Gasteiger partial charge is 0.478 e. The Morgan fingerprint density at radius 2 is 2.21 bits per heavy atom. The predicted molar refractivity (Wildman–Crippen MR) is 94.3 cm³/mol. The van der Waals surface area contributed by atoms with Gasteiger partial charge in [0.2, 0.25) is 5.88 Å². The van der Waals surface area contributed by atoms with Gasteiger partial charge in [0.1, 0.15) is 0 Å². The number of benzene rings is 1. The third-order valence-corrected chi connectivity index (χ3v) is 4.29. The molecular formula is C19H21N3O2. The summed E-state index contributed by atoms with van der Waals surface area (Å²) < 4.78 is 11.2. The lowest BCUT2D eigenvalue weighted by atomic mass is 10.1. The van der Waals surface area contributed by atoms with Gasteiger partial charge in [-0.05, 0) is 30.7 Å². The number of nitrogens with zero attached hydrogens (tertiary/aromatic N) is 1. The van der Waals surface area contributed by atoms with Crippen LogP contribution in [0.4, 0.5) is 0 Å². The predicted octanol–water partition coefficient (Wildman–Crippen LogP) is 3.29. The number of morpholine rings is 1. The summed E-state index contributed by atoms with van der Waals surface area (Å²) in [7, 11) is 0. The maximum atomic E-state index is 5.84. The monoisotopic (exact) mass is 323 g/mol. The molecule has 5 heteroatoms. The number of aromatic nitrogens is 2. The second-order valence-electron chi connectivity index (χ2n) is 5.91. The number of H-pyrrole nitrogens is 1. The van der Waals surface area contributed by atoms with Gasteiger partial charge in [0, 0.05) is 47.5 Å². The summed E-state index contributed by atoms with van der Waals surface area (Å²) in [5.41, 5.74) is 4.42. The quantitative estimate of drug-likeness (QED) is 0.773. The molecule has 1 aliphatic heterocycles. The van der Waals surface area contributed by atoms with E-state index in [1.165, 1.54) is 10.9 Å². The van der Waals surface area contributed by atoms with Crippen LogP contribution in [-0.4, -0.2) is 36.3 Å². The van der Waals surface area contributed by atoms with Crippen LogP contribution in [0.15, 0.2) is 42.6 Å². The van der Waals surface area contributed by atoms with E-state index in [9.17, 15) is 0 Å². The Kier molecular flexibility index (Phi) is 4.19. The molecule has 4 rings (SSSR count). The average molecular weight is 323 g/mol. The lowest BCUT2D eigenvalue weighted by molar-refractivity contribution is 0.0278. The molecule has 5 nitrogen and oxygen atoms in total. The normalized spacial score (nSPS) is 18.0. The number of hydrogen-bond acceptors (Lipinski definition) is 4. The van der Waals surface area contributed by atoms with Crippen molar-refractivity contribution in [1.82, 2.24) is 15.3 Å². The van der Waals surface area contributed by atoms with Crippen LogP contribution >= 0.6 is 0 Å². The van der Waals surface area contributed by atoms with Gasteiger partial charge in [-0.15, -0.1) is 0 Å². The van der Waals surface area contributed by atoms with E-state index in [4.69, 9.17) is 9.47 Å². The number of rotatable bonds is 4. The molecule has 1 fully saturated rings. The summed E-state index contributed by atoms with van der Waals surface area (Å²) in [6.07, 6.45) is 1.96. The first kappa shape index (κ1) is 15.2. The molecule has 124 valence electrons. The van der Waals surface area contributed by atoms with E-state index < -0.39 is 0 Å². The topological polar surface area (TPSA) is 59.2 Å². The maximum Gasteiger partial charge on any atom is 0.213 e. The van der Waals surface area contributed by atoms with Crippen LogP contribution in [0.5, 0.6) is 5.88 Å². The van der Waals surface area contributed by atoms with Crippen LogP contribution in [0.25, 0.3) is 22.2 Å². The van der Waals surface area contributed by atoms with Crippen molar-refractivity contribution in [2.75, 3.05) is 26.3 Å². The molecule has 0 amide bonds. The van der Waals surface area contributed by atoms with Gasteiger partial charge in [-0.2, -0.15) is 0 Å². The molecule has 1 aliphatic rings. The highest BCUT2D eigenvalue weighted by Gasteiger charge is 2.16. The van der Waals surface area contributed by atoms with Gasteiger partial charge < -0.3 is 19.8 Å². The van der Waals surface area contributed by atoms with Crippen LogP contribution in [0.3, 0.4) is 0 Å². The number of pyridine rings is 1. The maximum absolute atomic E-state index is 5.84. The van der Waals surface area contributed by atoms with E-state index in [0.29, 0.717) is 12.5 Å². The second-order valence-corrected chi connectivity index (χ2v) is 5.91. The highest BCUT2D eigenvalue weighted by atomic mass is 16.5. The van der Waals surface area contributed by atoms with E-state index >= 15 is 0 Å². The van der Waals surface area contributed by atoms with Crippen LogP contribution in [0.2, 0.25) is 0 Å². The van der Waals surface area contributed by atoms with Crippen molar-refractivity contribution in [3.05, 3.63) is 48.2 Å². The number of aromatic amines is 1. The van der Waals surface area contributed by atoms with E-state index in [-0.39, 0.29) is 6.10 Å². The summed E-state index contributed by atoms with van der Waals surface area (Å²) >= 11 is 0. The Hall–Kier alpha value is -2.37. The highest BCUT2D eigenvalue weighted by Crippen LogP contribution is 2.28. The van der Waals surface area contributed by atoms with Gasteiger partial charge in [0.15, 0.2) is 0 Å². The Morgan fingerprint density at radius 1 is 1.25 bits per heavy atom. The van der Waals surface area contributed by atoms with Crippen molar-refractivity contribution in [1.29, 1.82) is 0 Å². The summed E-state index contributed by atoms with van der Waals surface area (Å²) in [6, 6.07) is 12.5. The zero-order valence-electron chi connectivity index (χ0n) is 13.7. The van der Waals surface area contributed by atoms with Gasteiger partial charge in [-0.3, -0.25) is 0 Å². The first-order valence-electron chi connectivity index (χ1n) is 8.37. The molecule has 3 aromatic rings. The molecule has 3 heterocycles. The summed E-state index contributed by atoms with van der Waals surface area (Å²) in [5, 5.41) is 4.56. The van der Waals surface area contributed by atoms with Gasteiger partial charge >= 0.3 is 0 Å². The Labute approximate surface area is 141 Å². The van der Waals surface area contributed by atoms with E-state index in [2.05, 4.69) is 39.6 Å². The van der Waals surface area contributed by atoms with Crippen molar-refractivity contribution in [3.63, 3.8) is 0 Å². The highest BCUT2D eigenvalue weighted by molar-refractivity contribution is 5.86. The minimum atomic E-state index is 0.127. The third kappa shape index (κ3) is 3.00. The minimum Gasteiger partial charge on any atom is -0.478 e. The standard InChI is InChI=1S/C19H21N3O2/c1-2-23-19-6-5-15(11-21-19)17-9-13-3-4-14(10-16(13)22-17)18-12-20-7-8-24-18/h3-6,9-11,18,20,22H,2,7-8,12H2,1H3/t18-/m0/s1. The smallest absolute Gasteiger partial charge is 0.213 e. The Morgan fingerprint density at radius 3 is 2.96 bits per heavy atom. The molecule has 0 aliphatic carbocycles. The summed E-state index contributed by atoms with van der Waals surface area (Å²) in [4.78, 5) is 7.82. The van der Waals surface area contributed by atoms with E-state index in [0.717, 1.165) is 36.5 Å². The minimum absolute atomic E-state index is 0.127. The van der Waals surface area contributed by atoms with Crippen molar-refractivity contribution >= 4 is 10.9 Å². The van der Waals surface area contributed by atoms with Crippen molar-refractivity contribution < 1.29 is 9.47 Å². The molecule has 0 bridgehead atoms. The molecule has 0 spiro atoms. The molecule has 0 saturated carbocycles. The first-order valence-corrected chi connectivity index (χ1v) is 8.37. The van der Waals surface area contributed by atoms with Crippen LogP contribution < -0.4 is 10.1 Å². The fourth-order valence-electron chi connectivity index (χ4n) is 3.05. The zero-order valence-corrected chi connectivity index (χ0v) is 13.7. The fraction of sp³-hybridized carbons (Fsp3) is 0.316. The summed E-state index contributed by atoms with van der Waals surface area (Å²) in [5.74, 6) is 0.654. The van der Waals surface area contributed by atoms with Gasteiger partial charge in [0.05, 0.1) is 19.3 Å². The summed E-state index contributed by atoms with van der Waals surface area (Å²) in [6.45, 7) is 5.13. The molecule has 2 aromatic heterocycles. The lowest BCUT2D eigenvalue weighted by Gasteiger charge is -2.23. The zero-order chi connectivity index (χ0) is 16.4. The molecule has 1 atom stereocenters. The van der Waals surface area contributed by atoms with E-state index in [1.807, 2.05) is 25.3 Å². The number of nitrogens with one attached hydrogen (secondary N) is 2. The second kappa shape index (κ2) is 6.63. The third-order valence-electron chi connectivity index (χ3n) is 4.29. The van der Waals surface area contributed by atoms with Crippen LogP contribution in [-0.2, 0) is 4.74 Å². The Balaban J connectivity index is 1.62. The van der Waals surface area contributed by atoms with Crippen LogP contribution in [0.1, 0.15) is 18.6 Å². The molecule has 2 N–H and O–H groups in total. The van der Waals surface area contributed by atoms with Gasteiger partial charge in [-0.25, -0.2) is 4.98 Å². The molecule has 0 unspecified atom stereocenters.